The van der Waals surface area contributed by atoms with E-state index in [4.69, 9.17) is 4.98 Å². The third-order valence-electron chi connectivity index (χ3n) is 4.84. The summed E-state index contributed by atoms with van der Waals surface area (Å²) in [6.07, 6.45) is 14.7. The lowest BCUT2D eigenvalue weighted by molar-refractivity contribution is 0.372. The fourth-order valence-corrected chi connectivity index (χ4v) is 3.73. The quantitative estimate of drug-likeness (QED) is 0.875. The molecule has 0 aliphatic heterocycles. The van der Waals surface area contributed by atoms with Crippen molar-refractivity contribution in [1.29, 1.82) is 0 Å². The molecule has 1 aromatic rings. The normalized spacial score (nSPS) is 21.9. The van der Waals surface area contributed by atoms with Gasteiger partial charge in [-0.25, -0.2) is 4.98 Å². The maximum absolute atomic E-state index is 4.69. The third-order valence-corrected chi connectivity index (χ3v) is 4.84. The fraction of sp³-hybridized carbons (Fsp3) is 0.812. The zero-order valence-corrected chi connectivity index (χ0v) is 12.2. The van der Waals surface area contributed by atoms with Gasteiger partial charge in [0.2, 0.25) is 5.95 Å². The zero-order chi connectivity index (χ0) is 13.1. The fourth-order valence-electron chi connectivity index (χ4n) is 3.73. The minimum absolute atomic E-state index is 0.690. The number of hydrogen-bond donors (Lipinski definition) is 1. The molecule has 2 aliphatic carbocycles. The lowest BCUT2D eigenvalue weighted by Crippen LogP contribution is -2.19. The Morgan fingerprint density at radius 1 is 1.11 bits per heavy atom. The first-order valence-electron chi connectivity index (χ1n) is 8.12. The Labute approximate surface area is 116 Å². The summed E-state index contributed by atoms with van der Waals surface area (Å²) in [4.78, 5) is 4.69. The lowest BCUT2D eigenvalue weighted by atomic mass is 9.89. The highest BCUT2D eigenvalue weighted by atomic mass is 15.2. The van der Waals surface area contributed by atoms with Crippen LogP contribution in [0.25, 0.3) is 0 Å². The van der Waals surface area contributed by atoms with Crippen LogP contribution in [0.5, 0.6) is 0 Å². The number of nitrogens with one attached hydrogen (secondary N) is 1. The highest BCUT2D eigenvalue weighted by Crippen LogP contribution is 2.32. The van der Waals surface area contributed by atoms with Crippen molar-refractivity contribution in [2.75, 3.05) is 11.9 Å². The summed E-state index contributed by atoms with van der Waals surface area (Å²) in [7, 11) is 0. The molecule has 2 saturated carbocycles. The van der Waals surface area contributed by atoms with Crippen molar-refractivity contribution in [1.82, 2.24) is 9.55 Å². The minimum Gasteiger partial charge on any atom is -0.355 e. The van der Waals surface area contributed by atoms with E-state index in [2.05, 4.69) is 23.0 Å². The van der Waals surface area contributed by atoms with E-state index in [1.807, 2.05) is 0 Å². The molecule has 0 atom stereocenters. The molecule has 1 heterocycles. The van der Waals surface area contributed by atoms with Gasteiger partial charge in [-0.1, -0.05) is 32.1 Å². The Bertz CT molecular complexity index is 398. The van der Waals surface area contributed by atoms with Gasteiger partial charge in [0.25, 0.3) is 0 Å². The van der Waals surface area contributed by atoms with E-state index < -0.39 is 0 Å². The van der Waals surface area contributed by atoms with Crippen LogP contribution in [0.4, 0.5) is 5.95 Å². The summed E-state index contributed by atoms with van der Waals surface area (Å²) >= 11 is 0. The predicted octanol–water partition coefficient (Wildman–Crippen LogP) is 4.30. The van der Waals surface area contributed by atoms with Crippen molar-refractivity contribution in [3.63, 3.8) is 0 Å². The molecule has 19 heavy (non-hydrogen) atoms. The maximum Gasteiger partial charge on any atom is 0.203 e. The van der Waals surface area contributed by atoms with E-state index in [0.29, 0.717) is 6.04 Å². The number of aryl methyl sites for hydroxylation is 1. The van der Waals surface area contributed by atoms with E-state index in [1.165, 1.54) is 57.8 Å². The number of imidazole rings is 1. The highest BCUT2D eigenvalue weighted by Gasteiger charge is 2.21. The second-order valence-corrected chi connectivity index (χ2v) is 6.44. The molecule has 0 spiro atoms. The van der Waals surface area contributed by atoms with Gasteiger partial charge in [0, 0.05) is 18.8 Å². The van der Waals surface area contributed by atoms with Crippen LogP contribution in [0.15, 0.2) is 6.20 Å². The van der Waals surface area contributed by atoms with Crippen LogP contribution in [0, 0.1) is 12.8 Å². The van der Waals surface area contributed by atoms with Gasteiger partial charge in [-0.2, -0.15) is 0 Å². The number of anilines is 1. The second-order valence-electron chi connectivity index (χ2n) is 6.44. The van der Waals surface area contributed by atoms with Crippen molar-refractivity contribution < 1.29 is 0 Å². The molecule has 2 fully saturated rings. The number of nitrogens with zero attached hydrogens (tertiary/aromatic N) is 2. The average molecular weight is 261 g/mol. The summed E-state index contributed by atoms with van der Waals surface area (Å²) in [6.45, 7) is 3.22. The number of rotatable bonds is 4. The highest BCUT2D eigenvalue weighted by molar-refractivity contribution is 5.30. The van der Waals surface area contributed by atoms with Crippen LogP contribution < -0.4 is 5.32 Å². The Morgan fingerprint density at radius 3 is 2.53 bits per heavy atom. The molecular formula is C16H27N3. The average Bonchev–Trinajstić information content (AvgIpc) is 3.06. The van der Waals surface area contributed by atoms with Crippen LogP contribution in [0.1, 0.15) is 69.5 Å². The Morgan fingerprint density at radius 2 is 1.79 bits per heavy atom. The molecular weight excluding hydrogens is 234 g/mol. The topological polar surface area (TPSA) is 29.9 Å². The molecule has 1 N–H and O–H groups in total. The van der Waals surface area contributed by atoms with E-state index >= 15 is 0 Å². The molecule has 0 amide bonds. The van der Waals surface area contributed by atoms with Gasteiger partial charge in [0.05, 0.1) is 5.69 Å². The molecule has 0 aromatic carbocycles. The third kappa shape index (κ3) is 3.13. The molecule has 3 heteroatoms. The SMILES string of the molecule is Cc1cn(C2CCCC2)c(NCC2CCCCC2)n1. The monoisotopic (exact) mass is 261 g/mol. The smallest absolute Gasteiger partial charge is 0.203 e. The van der Waals surface area contributed by atoms with Crippen LogP contribution >= 0.6 is 0 Å². The molecule has 3 rings (SSSR count). The first-order valence-corrected chi connectivity index (χ1v) is 8.12. The second kappa shape index (κ2) is 5.98. The Hall–Kier alpha value is -0.990. The molecule has 3 nitrogen and oxygen atoms in total. The molecule has 0 bridgehead atoms. The summed E-state index contributed by atoms with van der Waals surface area (Å²) in [6, 6.07) is 0.690. The van der Waals surface area contributed by atoms with Gasteiger partial charge in [-0.15, -0.1) is 0 Å². The summed E-state index contributed by atoms with van der Waals surface area (Å²) < 4.78 is 2.41. The largest absolute Gasteiger partial charge is 0.355 e. The summed E-state index contributed by atoms with van der Waals surface area (Å²) in [5, 5.41) is 3.63. The van der Waals surface area contributed by atoms with E-state index in [9.17, 15) is 0 Å². The van der Waals surface area contributed by atoms with Crippen LogP contribution in [0.3, 0.4) is 0 Å². The Balaban J connectivity index is 1.62. The molecule has 0 radical (unpaired) electrons. The van der Waals surface area contributed by atoms with Crippen LogP contribution in [-0.4, -0.2) is 16.1 Å². The van der Waals surface area contributed by atoms with Gasteiger partial charge in [-0.05, 0) is 38.5 Å². The standard InChI is InChI=1S/C16H27N3/c1-13-12-19(15-9-5-6-10-15)16(18-13)17-11-14-7-3-2-4-8-14/h12,14-15H,2-11H2,1H3,(H,17,18). The van der Waals surface area contributed by atoms with Crippen molar-refractivity contribution in [3.8, 4) is 0 Å². The summed E-state index contributed by atoms with van der Waals surface area (Å²) in [5.74, 6) is 1.98. The first kappa shape index (κ1) is 13.0. The predicted molar refractivity (Wildman–Crippen MR) is 79.5 cm³/mol. The van der Waals surface area contributed by atoms with Gasteiger partial charge in [0.1, 0.15) is 0 Å². The number of aromatic nitrogens is 2. The van der Waals surface area contributed by atoms with Crippen molar-refractivity contribution >= 4 is 5.95 Å². The number of hydrogen-bond acceptors (Lipinski definition) is 2. The molecule has 2 aliphatic rings. The van der Waals surface area contributed by atoms with E-state index in [-0.39, 0.29) is 0 Å². The van der Waals surface area contributed by atoms with E-state index in [1.54, 1.807) is 0 Å². The van der Waals surface area contributed by atoms with Gasteiger partial charge in [-0.3, -0.25) is 0 Å². The van der Waals surface area contributed by atoms with Gasteiger partial charge >= 0.3 is 0 Å². The maximum atomic E-state index is 4.69. The van der Waals surface area contributed by atoms with E-state index in [0.717, 1.165) is 24.1 Å². The van der Waals surface area contributed by atoms with Gasteiger partial charge < -0.3 is 9.88 Å². The molecule has 0 unspecified atom stereocenters. The van der Waals surface area contributed by atoms with Crippen LogP contribution in [-0.2, 0) is 0 Å². The Kier molecular flexibility index (Phi) is 4.09. The first-order chi connectivity index (χ1) is 9.33. The molecule has 106 valence electrons. The van der Waals surface area contributed by atoms with Crippen molar-refractivity contribution in [2.45, 2.75) is 70.8 Å². The molecule has 0 saturated heterocycles. The lowest BCUT2D eigenvalue weighted by Gasteiger charge is -2.23. The van der Waals surface area contributed by atoms with Crippen molar-refractivity contribution in [3.05, 3.63) is 11.9 Å². The minimum atomic E-state index is 0.690. The summed E-state index contributed by atoms with van der Waals surface area (Å²) in [5.41, 5.74) is 1.15. The zero-order valence-electron chi connectivity index (χ0n) is 12.2. The van der Waals surface area contributed by atoms with Crippen molar-refractivity contribution in [2.24, 2.45) is 5.92 Å². The molecule has 1 aromatic heterocycles. The van der Waals surface area contributed by atoms with Crippen LogP contribution in [0.2, 0.25) is 0 Å². The van der Waals surface area contributed by atoms with Gasteiger partial charge in [0.15, 0.2) is 0 Å².